The highest BCUT2D eigenvalue weighted by atomic mass is 32.2. The van der Waals surface area contributed by atoms with Gasteiger partial charge >= 0.3 is 0 Å². The number of aromatic nitrogens is 3. The summed E-state index contributed by atoms with van der Waals surface area (Å²) in [5, 5.41) is 3.56. The summed E-state index contributed by atoms with van der Waals surface area (Å²) in [7, 11) is 0. The van der Waals surface area contributed by atoms with Crippen molar-refractivity contribution >= 4 is 28.7 Å². The van der Waals surface area contributed by atoms with Crippen molar-refractivity contribution in [3.63, 3.8) is 0 Å². The zero-order valence-corrected chi connectivity index (χ0v) is 14.5. The topological polar surface area (TPSA) is 70.7 Å². The van der Waals surface area contributed by atoms with Gasteiger partial charge in [0.2, 0.25) is 5.91 Å². The van der Waals surface area contributed by atoms with Crippen LogP contribution in [0.3, 0.4) is 0 Å². The van der Waals surface area contributed by atoms with E-state index in [9.17, 15) is 4.79 Å². The van der Waals surface area contributed by atoms with Crippen LogP contribution in [0.5, 0.6) is 0 Å². The summed E-state index contributed by atoms with van der Waals surface area (Å²) < 4.78 is 0. The van der Waals surface area contributed by atoms with E-state index in [1.165, 1.54) is 11.8 Å². The van der Waals surface area contributed by atoms with Crippen LogP contribution in [-0.4, -0.2) is 26.1 Å². The number of hydrogen-bond donors (Lipinski definition) is 2. The number of imidazole rings is 1. The highest BCUT2D eigenvalue weighted by molar-refractivity contribution is 8.00. The van der Waals surface area contributed by atoms with Gasteiger partial charge in [-0.1, -0.05) is 43.8 Å². The molecule has 0 saturated heterocycles. The van der Waals surface area contributed by atoms with E-state index in [0.29, 0.717) is 6.54 Å². The maximum absolute atomic E-state index is 12.6. The normalized spacial score (nSPS) is 12.5. The van der Waals surface area contributed by atoms with Crippen LogP contribution in [0.4, 0.5) is 0 Å². The fourth-order valence-corrected chi connectivity index (χ4v) is 3.41. The first kappa shape index (κ1) is 16.5. The number of para-hydroxylation sites is 2. The molecule has 0 aliphatic carbocycles. The molecule has 1 atom stereocenters. The summed E-state index contributed by atoms with van der Waals surface area (Å²) >= 11 is 1.47. The van der Waals surface area contributed by atoms with Gasteiger partial charge in [-0.25, -0.2) is 4.98 Å². The molecule has 2 N–H and O–H groups in total. The van der Waals surface area contributed by atoms with E-state index in [0.717, 1.165) is 21.8 Å². The molecule has 0 fully saturated rings. The van der Waals surface area contributed by atoms with Gasteiger partial charge in [-0.3, -0.25) is 9.78 Å². The monoisotopic (exact) mass is 340 g/mol. The highest BCUT2D eigenvalue weighted by Crippen LogP contribution is 2.28. The van der Waals surface area contributed by atoms with Crippen LogP contribution < -0.4 is 5.32 Å². The number of amides is 1. The summed E-state index contributed by atoms with van der Waals surface area (Å²) in [6, 6.07) is 11.7. The lowest BCUT2D eigenvalue weighted by Crippen LogP contribution is -2.35. The summed E-state index contributed by atoms with van der Waals surface area (Å²) in [4.78, 5) is 24.5. The van der Waals surface area contributed by atoms with E-state index in [1.807, 2.05) is 50.2 Å². The molecule has 0 unspecified atom stereocenters. The molecule has 5 nitrogen and oxygen atoms in total. The maximum Gasteiger partial charge on any atom is 0.234 e. The van der Waals surface area contributed by atoms with Crippen molar-refractivity contribution in [1.29, 1.82) is 0 Å². The molecule has 0 spiro atoms. The Bertz CT molecular complexity index is 783. The van der Waals surface area contributed by atoms with Crippen molar-refractivity contribution in [3.05, 3.63) is 54.4 Å². The molecule has 3 aromatic rings. The highest BCUT2D eigenvalue weighted by Gasteiger charge is 2.24. The molecule has 1 amide bonds. The largest absolute Gasteiger partial charge is 0.351 e. The molecule has 3 rings (SSSR count). The second-order valence-corrected chi connectivity index (χ2v) is 7.05. The molecular formula is C18H20N4OS. The van der Waals surface area contributed by atoms with Crippen molar-refractivity contribution in [1.82, 2.24) is 20.3 Å². The second-order valence-electron chi connectivity index (χ2n) is 5.92. The Morgan fingerprint density at radius 2 is 2.08 bits per heavy atom. The van der Waals surface area contributed by atoms with Crippen LogP contribution in [0.2, 0.25) is 0 Å². The van der Waals surface area contributed by atoms with E-state index in [-0.39, 0.29) is 17.1 Å². The summed E-state index contributed by atoms with van der Waals surface area (Å²) in [5.41, 5.74) is 2.89. The number of H-pyrrole nitrogens is 1. The molecular weight excluding hydrogens is 320 g/mol. The summed E-state index contributed by atoms with van der Waals surface area (Å²) in [6.45, 7) is 4.57. The van der Waals surface area contributed by atoms with Crippen molar-refractivity contribution in [2.75, 3.05) is 0 Å². The van der Waals surface area contributed by atoms with Gasteiger partial charge in [0.05, 0.1) is 16.3 Å². The zero-order chi connectivity index (χ0) is 16.9. The van der Waals surface area contributed by atoms with Gasteiger partial charge < -0.3 is 10.3 Å². The lowest BCUT2D eigenvalue weighted by Gasteiger charge is -2.18. The molecule has 24 heavy (non-hydrogen) atoms. The van der Waals surface area contributed by atoms with E-state index in [2.05, 4.69) is 20.3 Å². The van der Waals surface area contributed by atoms with Crippen molar-refractivity contribution in [2.45, 2.75) is 30.8 Å². The molecule has 0 aliphatic heterocycles. The summed E-state index contributed by atoms with van der Waals surface area (Å²) in [6.07, 6.45) is 3.48. The first-order valence-corrected chi connectivity index (χ1v) is 8.79. The van der Waals surface area contributed by atoms with Gasteiger partial charge in [-0.15, -0.1) is 0 Å². The predicted molar refractivity (Wildman–Crippen MR) is 96.7 cm³/mol. The van der Waals surface area contributed by atoms with Crippen LogP contribution in [0.15, 0.2) is 53.9 Å². The minimum atomic E-state index is -0.206. The number of benzene rings is 1. The molecule has 0 saturated carbocycles. The SMILES string of the molecule is CC(C)[C@H](Sc1nc2ccccc2[nH]1)C(=O)NCc1cccnc1. The Morgan fingerprint density at radius 3 is 2.79 bits per heavy atom. The van der Waals surface area contributed by atoms with Gasteiger partial charge in [0.1, 0.15) is 0 Å². The molecule has 0 aliphatic rings. The molecule has 0 bridgehead atoms. The molecule has 0 radical (unpaired) electrons. The quantitative estimate of drug-likeness (QED) is 0.675. The Hall–Kier alpha value is -2.34. The Kier molecular flexibility index (Phi) is 5.15. The number of rotatable bonds is 6. The fraction of sp³-hybridized carbons (Fsp3) is 0.278. The maximum atomic E-state index is 12.6. The van der Waals surface area contributed by atoms with Gasteiger partial charge in [0.25, 0.3) is 0 Å². The molecule has 2 aromatic heterocycles. The third kappa shape index (κ3) is 3.94. The average molecular weight is 340 g/mol. The Morgan fingerprint density at radius 1 is 1.25 bits per heavy atom. The molecule has 124 valence electrons. The predicted octanol–water partition coefficient (Wildman–Crippen LogP) is 3.39. The third-order valence-corrected chi connectivity index (χ3v) is 5.09. The molecule has 6 heteroatoms. The fourth-order valence-electron chi connectivity index (χ4n) is 2.39. The van der Waals surface area contributed by atoms with Gasteiger partial charge in [-0.2, -0.15) is 0 Å². The lowest BCUT2D eigenvalue weighted by molar-refractivity contribution is -0.121. The number of thioether (sulfide) groups is 1. The lowest BCUT2D eigenvalue weighted by atomic mass is 10.1. The summed E-state index contributed by atoms with van der Waals surface area (Å²) in [5.74, 6) is 0.205. The van der Waals surface area contributed by atoms with E-state index in [1.54, 1.807) is 12.4 Å². The Balaban J connectivity index is 1.68. The van der Waals surface area contributed by atoms with E-state index >= 15 is 0 Å². The van der Waals surface area contributed by atoms with Crippen molar-refractivity contribution in [2.24, 2.45) is 5.92 Å². The first-order valence-electron chi connectivity index (χ1n) is 7.91. The third-order valence-electron chi connectivity index (χ3n) is 3.66. The van der Waals surface area contributed by atoms with Crippen molar-refractivity contribution in [3.8, 4) is 0 Å². The van der Waals surface area contributed by atoms with Crippen LogP contribution in [0.1, 0.15) is 19.4 Å². The van der Waals surface area contributed by atoms with Crippen LogP contribution in [0.25, 0.3) is 11.0 Å². The second kappa shape index (κ2) is 7.49. The van der Waals surface area contributed by atoms with Crippen LogP contribution in [0, 0.1) is 5.92 Å². The van der Waals surface area contributed by atoms with Gasteiger partial charge in [0.15, 0.2) is 5.16 Å². The number of carbonyl (C=O) groups is 1. The number of fused-ring (bicyclic) bond motifs is 1. The van der Waals surface area contributed by atoms with Crippen LogP contribution in [-0.2, 0) is 11.3 Å². The van der Waals surface area contributed by atoms with E-state index < -0.39 is 0 Å². The van der Waals surface area contributed by atoms with Crippen molar-refractivity contribution < 1.29 is 4.79 Å². The minimum absolute atomic E-state index is 0.0132. The average Bonchev–Trinajstić information content (AvgIpc) is 3.01. The number of pyridine rings is 1. The Labute approximate surface area is 145 Å². The number of hydrogen-bond acceptors (Lipinski definition) is 4. The number of nitrogens with zero attached hydrogens (tertiary/aromatic N) is 2. The molecule has 1 aromatic carbocycles. The van der Waals surface area contributed by atoms with E-state index in [4.69, 9.17) is 0 Å². The number of aromatic amines is 1. The standard InChI is InChI=1S/C18H20N4OS/c1-12(2)16(17(23)20-11-13-6-5-9-19-10-13)24-18-21-14-7-3-4-8-15(14)22-18/h3-10,12,16H,11H2,1-2H3,(H,20,23)(H,21,22)/t16-/m0/s1. The van der Waals surface area contributed by atoms with Gasteiger partial charge in [0, 0.05) is 18.9 Å². The minimum Gasteiger partial charge on any atom is -0.351 e. The number of nitrogens with one attached hydrogen (secondary N) is 2. The number of carbonyl (C=O) groups excluding carboxylic acids is 1. The van der Waals surface area contributed by atoms with Crippen LogP contribution >= 0.6 is 11.8 Å². The smallest absolute Gasteiger partial charge is 0.234 e. The first-order chi connectivity index (χ1) is 11.6. The zero-order valence-electron chi connectivity index (χ0n) is 13.7. The van der Waals surface area contributed by atoms with Gasteiger partial charge in [-0.05, 0) is 29.7 Å². The molecule has 2 heterocycles.